The minimum Gasteiger partial charge on any atom is -0.378 e. The van der Waals surface area contributed by atoms with Crippen molar-refractivity contribution in [2.24, 2.45) is 0 Å². The van der Waals surface area contributed by atoms with Gasteiger partial charge in [0, 0.05) is 24.5 Å². The molecule has 2 aromatic carbocycles. The van der Waals surface area contributed by atoms with E-state index in [4.69, 9.17) is 17.0 Å². The van der Waals surface area contributed by atoms with Gasteiger partial charge in [-0.3, -0.25) is 0 Å². The summed E-state index contributed by atoms with van der Waals surface area (Å²) in [5.41, 5.74) is 4.80. The van der Waals surface area contributed by atoms with Gasteiger partial charge < -0.3 is 20.3 Å². The van der Waals surface area contributed by atoms with E-state index in [0.717, 1.165) is 38.4 Å². The summed E-state index contributed by atoms with van der Waals surface area (Å²) in [6.45, 7) is 7.80. The van der Waals surface area contributed by atoms with Crippen molar-refractivity contribution in [2.45, 2.75) is 26.3 Å². The minimum absolute atomic E-state index is 0.142. The van der Waals surface area contributed by atoms with E-state index in [2.05, 4.69) is 77.9 Å². The number of rotatable bonds is 5. The molecule has 0 spiro atoms. The van der Waals surface area contributed by atoms with Crippen molar-refractivity contribution in [2.75, 3.05) is 36.5 Å². The van der Waals surface area contributed by atoms with Crippen molar-refractivity contribution in [1.29, 1.82) is 0 Å². The summed E-state index contributed by atoms with van der Waals surface area (Å²) in [5, 5.41) is 7.25. The monoisotopic (exact) mass is 369 g/mol. The number of nitrogens with zero attached hydrogens (tertiary/aromatic N) is 1. The van der Waals surface area contributed by atoms with Gasteiger partial charge in [0.25, 0.3) is 0 Å². The summed E-state index contributed by atoms with van der Waals surface area (Å²) in [4.78, 5) is 2.36. The first-order chi connectivity index (χ1) is 12.7. The highest BCUT2D eigenvalue weighted by atomic mass is 32.1. The lowest BCUT2D eigenvalue weighted by Gasteiger charge is -2.29. The molecule has 138 valence electrons. The molecule has 1 heterocycles. The van der Waals surface area contributed by atoms with Crippen LogP contribution in [0.3, 0.4) is 0 Å². The van der Waals surface area contributed by atoms with Gasteiger partial charge in [-0.15, -0.1) is 0 Å². The van der Waals surface area contributed by atoms with Crippen LogP contribution >= 0.6 is 12.2 Å². The smallest absolute Gasteiger partial charge is 0.171 e. The lowest BCUT2D eigenvalue weighted by atomic mass is 10.1. The number of nitrogens with one attached hydrogen (secondary N) is 2. The second kappa shape index (κ2) is 9.01. The van der Waals surface area contributed by atoms with Crippen molar-refractivity contribution in [3.8, 4) is 0 Å². The Bertz CT molecular complexity index is 709. The molecule has 2 N–H and O–H groups in total. The summed E-state index contributed by atoms with van der Waals surface area (Å²) < 4.78 is 5.42. The van der Waals surface area contributed by atoms with E-state index in [0.29, 0.717) is 5.11 Å². The fourth-order valence-corrected chi connectivity index (χ4v) is 3.36. The summed E-state index contributed by atoms with van der Waals surface area (Å²) in [6.07, 6.45) is 1.04. The number of thiocarbonyl (C=S) groups is 1. The second-order valence-corrected chi connectivity index (χ2v) is 6.97. The maximum Gasteiger partial charge on any atom is 0.171 e. The Kier molecular flexibility index (Phi) is 6.47. The summed E-state index contributed by atoms with van der Waals surface area (Å²) in [7, 11) is 0. The molecule has 1 aliphatic heterocycles. The topological polar surface area (TPSA) is 36.5 Å². The number of hydrogen-bond acceptors (Lipinski definition) is 3. The molecule has 4 nitrogen and oxygen atoms in total. The zero-order chi connectivity index (χ0) is 18.4. The number of aryl methyl sites for hydroxylation is 1. The van der Waals surface area contributed by atoms with E-state index in [9.17, 15) is 0 Å². The molecular formula is C21H27N3OS. The molecule has 26 heavy (non-hydrogen) atoms. The average molecular weight is 370 g/mol. The lowest BCUT2D eigenvalue weighted by Crippen LogP contribution is -2.36. The van der Waals surface area contributed by atoms with Crippen LogP contribution in [0.5, 0.6) is 0 Å². The van der Waals surface area contributed by atoms with E-state index >= 15 is 0 Å². The van der Waals surface area contributed by atoms with Crippen LogP contribution in [0.2, 0.25) is 0 Å². The van der Waals surface area contributed by atoms with E-state index in [-0.39, 0.29) is 6.04 Å². The fraction of sp³-hybridized carbons (Fsp3) is 0.381. The van der Waals surface area contributed by atoms with E-state index in [1.807, 2.05) is 0 Å². The molecule has 1 atom stereocenters. The van der Waals surface area contributed by atoms with Crippen LogP contribution in [-0.4, -0.2) is 31.4 Å². The molecule has 1 fully saturated rings. The highest BCUT2D eigenvalue weighted by Gasteiger charge is 2.12. The summed E-state index contributed by atoms with van der Waals surface area (Å²) in [6, 6.07) is 17.2. The van der Waals surface area contributed by atoms with Crippen molar-refractivity contribution in [1.82, 2.24) is 5.32 Å². The van der Waals surface area contributed by atoms with Crippen molar-refractivity contribution < 1.29 is 4.74 Å². The Labute approximate surface area is 161 Å². The first kappa shape index (κ1) is 18.7. The molecule has 0 amide bonds. The number of morpholine rings is 1. The molecular weight excluding hydrogens is 342 g/mol. The SMILES string of the molecule is CCc1ccc(NC(=S)NC(C)c2ccc(N3CCOCC3)cc2)cc1. The summed E-state index contributed by atoms with van der Waals surface area (Å²) >= 11 is 5.46. The molecule has 0 aromatic heterocycles. The number of anilines is 2. The van der Waals surface area contributed by atoms with Gasteiger partial charge in [0.1, 0.15) is 0 Å². The zero-order valence-electron chi connectivity index (χ0n) is 15.5. The zero-order valence-corrected chi connectivity index (χ0v) is 16.3. The highest BCUT2D eigenvalue weighted by Crippen LogP contribution is 2.20. The Morgan fingerprint density at radius 1 is 1.08 bits per heavy atom. The largest absolute Gasteiger partial charge is 0.378 e. The molecule has 0 bridgehead atoms. The standard InChI is InChI=1S/C21H27N3OS/c1-3-17-4-8-19(9-5-17)23-21(26)22-16(2)18-6-10-20(11-7-18)24-12-14-25-15-13-24/h4-11,16H,3,12-15H2,1-2H3,(H2,22,23,26). The number of benzene rings is 2. The Hall–Kier alpha value is -2.11. The number of hydrogen-bond donors (Lipinski definition) is 2. The normalized spacial score (nSPS) is 15.4. The number of ether oxygens (including phenoxy) is 1. The summed E-state index contributed by atoms with van der Waals surface area (Å²) in [5.74, 6) is 0. The van der Waals surface area contributed by atoms with Crippen molar-refractivity contribution in [3.63, 3.8) is 0 Å². The predicted octanol–water partition coefficient (Wildman–Crippen LogP) is 4.13. The van der Waals surface area contributed by atoms with E-state index < -0.39 is 0 Å². The first-order valence-electron chi connectivity index (χ1n) is 9.25. The average Bonchev–Trinajstić information content (AvgIpc) is 2.69. The fourth-order valence-electron chi connectivity index (χ4n) is 3.07. The maximum absolute atomic E-state index is 5.46. The molecule has 0 aliphatic carbocycles. The van der Waals surface area contributed by atoms with Crippen LogP contribution < -0.4 is 15.5 Å². The van der Waals surface area contributed by atoms with Gasteiger partial charge >= 0.3 is 0 Å². The predicted molar refractivity (Wildman–Crippen MR) is 113 cm³/mol. The Balaban J connectivity index is 1.54. The van der Waals surface area contributed by atoms with Gasteiger partial charge in [-0.25, -0.2) is 0 Å². The van der Waals surface area contributed by atoms with Gasteiger partial charge in [-0.1, -0.05) is 31.2 Å². The van der Waals surface area contributed by atoms with Crippen LogP contribution in [0.4, 0.5) is 11.4 Å². The lowest BCUT2D eigenvalue weighted by molar-refractivity contribution is 0.122. The minimum atomic E-state index is 0.142. The van der Waals surface area contributed by atoms with Crippen LogP contribution in [0.1, 0.15) is 31.0 Å². The Morgan fingerprint density at radius 3 is 2.35 bits per heavy atom. The van der Waals surface area contributed by atoms with E-state index in [1.165, 1.54) is 16.8 Å². The quantitative estimate of drug-likeness (QED) is 0.775. The molecule has 0 radical (unpaired) electrons. The van der Waals surface area contributed by atoms with Gasteiger partial charge in [0.2, 0.25) is 0 Å². The molecule has 0 saturated carbocycles. The molecule has 3 rings (SSSR count). The van der Waals surface area contributed by atoms with Crippen molar-refractivity contribution in [3.05, 3.63) is 59.7 Å². The van der Waals surface area contributed by atoms with Gasteiger partial charge in [0.05, 0.1) is 19.3 Å². The van der Waals surface area contributed by atoms with Crippen molar-refractivity contribution >= 4 is 28.7 Å². The van der Waals surface area contributed by atoms with Crippen LogP contribution in [-0.2, 0) is 11.2 Å². The first-order valence-corrected chi connectivity index (χ1v) is 9.65. The molecule has 5 heteroatoms. The van der Waals surface area contributed by atoms with E-state index in [1.54, 1.807) is 0 Å². The third kappa shape index (κ3) is 4.96. The van der Waals surface area contributed by atoms with Gasteiger partial charge in [0.15, 0.2) is 5.11 Å². The van der Waals surface area contributed by atoms with Gasteiger partial charge in [-0.2, -0.15) is 0 Å². The third-order valence-corrected chi connectivity index (χ3v) is 4.96. The Morgan fingerprint density at radius 2 is 1.73 bits per heavy atom. The highest BCUT2D eigenvalue weighted by molar-refractivity contribution is 7.80. The van der Waals surface area contributed by atoms with Crippen LogP contribution in [0.15, 0.2) is 48.5 Å². The third-order valence-electron chi connectivity index (χ3n) is 4.74. The maximum atomic E-state index is 5.46. The van der Waals surface area contributed by atoms with Crippen LogP contribution in [0, 0.1) is 0 Å². The molecule has 1 unspecified atom stereocenters. The van der Waals surface area contributed by atoms with Gasteiger partial charge in [-0.05, 0) is 61.0 Å². The molecule has 2 aromatic rings. The second-order valence-electron chi connectivity index (χ2n) is 6.56. The molecule has 1 aliphatic rings. The molecule has 1 saturated heterocycles. The van der Waals surface area contributed by atoms with Crippen LogP contribution in [0.25, 0.3) is 0 Å².